The molecule has 0 saturated heterocycles. The van der Waals surface area contributed by atoms with Crippen LogP contribution < -0.4 is 0 Å². The van der Waals surface area contributed by atoms with Gasteiger partial charge in [0.1, 0.15) is 11.7 Å². The second kappa shape index (κ2) is 4.53. The summed E-state index contributed by atoms with van der Waals surface area (Å²) in [6.45, 7) is 4.11. The summed E-state index contributed by atoms with van der Waals surface area (Å²) < 4.78 is 1.80. The van der Waals surface area contributed by atoms with Gasteiger partial charge in [-0.2, -0.15) is 0 Å². The van der Waals surface area contributed by atoms with Crippen LogP contribution in [0.4, 0.5) is 0 Å². The number of carbonyl (C=O) groups excluding carboxylic acids is 1. The van der Waals surface area contributed by atoms with Crippen LogP contribution in [0.1, 0.15) is 20.0 Å². The fourth-order valence-corrected chi connectivity index (χ4v) is 2.07. The normalized spacial score (nSPS) is 12.9. The van der Waals surface area contributed by atoms with Gasteiger partial charge in [0, 0.05) is 7.05 Å². The third kappa shape index (κ3) is 2.00. The van der Waals surface area contributed by atoms with Crippen LogP contribution in [0.2, 0.25) is 0 Å². The molecule has 5 heteroatoms. The van der Waals surface area contributed by atoms with E-state index in [1.165, 1.54) is 0 Å². The van der Waals surface area contributed by atoms with Crippen molar-refractivity contribution in [3.8, 4) is 0 Å². The van der Waals surface area contributed by atoms with Gasteiger partial charge in [-0.3, -0.25) is 4.79 Å². The first kappa shape index (κ1) is 11.6. The van der Waals surface area contributed by atoms with E-state index in [9.17, 15) is 4.79 Å². The lowest BCUT2D eigenvalue weighted by Crippen LogP contribution is -2.32. The van der Waals surface area contributed by atoms with Gasteiger partial charge < -0.3 is 4.90 Å². The van der Waals surface area contributed by atoms with Crippen molar-refractivity contribution in [2.75, 3.05) is 7.05 Å². The van der Waals surface area contributed by atoms with Gasteiger partial charge in [0.05, 0.1) is 5.52 Å². The van der Waals surface area contributed by atoms with E-state index in [-0.39, 0.29) is 12.1 Å². The van der Waals surface area contributed by atoms with Gasteiger partial charge >= 0.3 is 0 Å². The van der Waals surface area contributed by atoms with E-state index in [2.05, 4.69) is 24.2 Å². The lowest BCUT2D eigenvalue weighted by atomic mass is 10.1. The minimum atomic E-state index is -0.111. The second-order valence-corrected chi connectivity index (χ2v) is 4.45. The molecular weight excluding hydrogens is 216 g/mol. The van der Waals surface area contributed by atoms with Gasteiger partial charge in [0.15, 0.2) is 0 Å². The Morgan fingerprint density at radius 2 is 2.06 bits per heavy atom. The molecule has 0 aliphatic heterocycles. The van der Waals surface area contributed by atoms with Crippen molar-refractivity contribution < 1.29 is 4.79 Å². The maximum absolute atomic E-state index is 10.9. The van der Waals surface area contributed by atoms with Gasteiger partial charge in [0.2, 0.25) is 6.41 Å². The predicted molar refractivity (Wildman–Crippen MR) is 65.2 cm³/mol. The highest BCUT2D eigenvalue weighted by molar-refractivity contribution is 5.74. The van der Waals surface area contributed by atoms with Crippen LogP contribution in [0.25, 0.3) is 11.0 Å². The molecule has 0 saturated carbocycles. The Kier molecular flexibility index (Phi) is 3.08. The third-order valence-electron chi connectivity index (χ3n) is 2.81. The number of amides is 1. The summed E-state index contributed by atoms with van der Waals surface area (Å²) >= 11 is 0. The molecule has 0 bridgehead atoms. The average molecular weight is 232 g/mol. The monoisotopic (exact) mass is 232 g/mol. The fourth-order valence-electron chi connectivity index (χ4n) is 2.07. The van der Waals surface area contributed by atoms with Crippen molar-refractivity contribution in [2.24, 2.45) is 5.92 Å². The Balaban J connectivity index is 2.52. The van der Waals surface area contributed by atoms with E-state index >= 15 is 0 Å². The lowest BCUT2D eigenvalue weighted by molar-refractivity contribution is -0.121. The molecule has 1 amide bonds. The van der Waals surface area contributed by atoms with Crippen LogP contribution in [0.5, 0.6) is 0 Å². The molecule has 1 aromatic heterocycles. The van der Waals surface area contributed by atoms with E-state index < -0.39 is 0 Å². The van der Waals surface area contributed by atoms with E-state index in [0.717, 1.165) is 17.4 Å². The molecule has 17 heavy (non-hydrogen) atoms. The summed E-state index contributed by atoms with van der Waals surface area (Å²) in [7, 11) is 1.76. The maximum atomic E-state index is 10.9. The highest BCUT2D eigenvalue weighted by Gasteiger charge is 2.22. The molecule has 1 atom stereocenters. The standard InChI is InChI=1S/C12H16N4O/c1-9(2)12(15(3)8-17)16-11-7-5-4-6-10(11)13-14-16/h4-9,12H,1-3H3. The first-order chi connectivity index (χ1) is 8.15. The van der Waals surface area contributed by atoms with Crippen molar-refractivity contribution in [3.05, 3.63) is 24.3 Å². The average Bonchev–Trinajstić information content (AvgIpc) is 2.73. The van der Waals surface area contributed by atoms with Crippen molar-refractivity contribution in [3.63, 3.8) is 0 Å². The van der Waals surface area contributed by atoms with Crippen molar-refractivity contribution >= 4 is 17.4 Å². The molecule has 0 radical (unpaired) electrons. The highest BCUT2D eigenvalue weighted by atomic mass is 16.1. The molecule has 0 N–H and O–H groups in total. The molecular formula is C12H16N4O. The molecule has 1 unspecified atom stereocenters. The Bertz CT molecular complexity index is 520. The van der Waals surface area contributed by atoms with Crippen LogP contribution in [0.3, 0.4) is 0 Å². The van der Waals surface area contributed by atoms with Crippen LogP contribution in [0, 0.1) is 5.92 Å². The lowest BCUT2D eigenvalue weighted by Gasteiger charge is -2.28. The minimum Gasteiger partial charge on any atom is -0.326 e. The quantitative estimate of drug-likeness (QED) is 0.753. The van der Waals surface area contributed by atoms with E-state index in [1.807, 2.05) is 24.3 Å². The largest absolute Gasteiger partial charge is 0.326 e. The first-order valence-corrected chi connectivity index (χ1v) is 5.62. The van der Waals surface area contributed by atoms with Crippen LogP contribution in [-0.4, -0.2) is 33.4 Å². The van der Waals surface area contributed by atoms with Crippen molar-refractivity contribution in [1.82, 2.24) is 19.9 Å². The van der Waals surface area contributed by atoms with Crippen LogP contribution >= 0.6 is 0 Å². The molecule has 0 aliphatic carbocycles. The zero-order chi connectivity index (χ0) is 12.4. The van der Waals surface area contributed by atoms with Gasteiger partial charge in [-0.25, -0.2) is 4.68 Å². The number of benzene rings is 1. The Morgan fingerprint density at radius 3 is 2.71 bits per heavy atom. The summed E-state index contributed by atoms with van der Waals surface area (Å²) in [5.41, 5.74) is 1.79. The number of fused-ring (bicyclic) bond motifs is 1. The summed E-state index contributed by atoms with van der Waals surface area (Å²) in [5, 5.41) is 8.26. The van der Waals surface area contributed by atoms with Crippen molar-refractivity contribution in [1.29, 1.82) is 0 Å². The Morgan fingerprint density at radius 1 is 1.35 bits per heavy atom. The molecule has 5 nitrogen and oxygen atoms in total. The smallest absolute Gasteiger partial charge is 0.211 e. The zero-order valence-corrected chi connectivity index (χ0v) is 10.2. The second-order valence-electron chi connectivity index (χ2n) is 4.45. The number of hydrogen-bond acceptors (Lipinski definition) is 3. The zero-order valence-electron chi connectivity index (χ0n) is 10.2. The Labute approximate surface area is 100 Å². The molecule has 90 valence electrons. The number of nitrogens with zero attached hydrogens (tertiary/aromatic N) is 4. The van der Waals surface area contributed by atoms with Gasteiger partial charge in [-0.1, -0.05) is 31.2 Å². The molecule has 1 heterocycles. The summed E-state index contributed by atoms with van der Waals surface area (Å²) in [6.07, 6.45) is 0.709. The van der Waals surface area contributed by atoms with Gasteiger partial charge in [-0.05, 0) is 18.1 Å². The van der Waals surface area contributed by atoms with E-state index in [0.29, 0.717) is 0 Å². The molecule has 0 fully saturated rings. The highest BCUT2D eigenvalue weighted by Crippen LogP contribution is 2.23. The maximum Gasteiger partial charge on any atom is 0.211 e. The number of para-hydroxylation sites is 1. The summed E-state index contributed by atoms with van der Waals surface area (Å²) in [5.74, 6) is 0.260. The number of aromatic nitrogens is 3. The Hall–Kier alpha value is -1.91. The van der Waals surface area contributed by atoms with Gasteiger partial charge in [0.25, 0.3) is 0 Å². The number of carbonyl (C=O) groups is 1. The molecule has 0 aliphatic rings. The van der Waals surface area contributed by atoms with E-state index in [1.54, 1.807) is 16.6 Å². The van der Waals surface area contributed by atoms with E-state index in [4.69, 9.17) is 0 Å². The third-order valence-corrected chi connectivity index (χ3v) is 2.81. The topological polar surface area (TPSA) is 51.0 Å². The number of hydrogen-bond donors (Lipinski definition) is 0. The molecule has 2 aromatic rings. The molecule has 0 spiro atoms. The van der Waals surface area contributed by atoms with Crippen molar-refractivity contribution in [2.45, 2.75) is 20.0 Å². The molecule has 2 rings (SSSR count). The number of rotatable bonds is 4. The summed E-state index contributed by atoms with van der Waals surface area (Å²) in [4.78, 5) is 12.6. The van der Waals surface area contributed by atoms with Gasteiger partial charge in [-0.15, -0.1) is 5.10 Å². The first-order valence-electron chi connectivity index (χ1n) is 5.62. The summed E-state index contributed by atoms with van der Waals surface area (Å²) in [6, 6.07) is 7.75. The van der Waals surface area contributed by atoms with Crippen LogP contribution in [-0.2, 0) is 4.79 Å². The van der Waals surface area contributed by atoms with Crippen LogP contribution in [0.15, 0.2) is 24.3 Å². The predicted octanol–water partition coefficient (Wildman–Crippen LogP) is 1.67. The fraction of sp³-hybridized carbons (Fsp3) is 0.417. The minimum absolute atomic E-state index is 0.111. The SMILES string of the molecule is CC(C)C(N(C)C=O)n1nnc2ccccc21. The molecule has 1 aromatic carbocycles.